The van der Waals surface area contributed by atoms with Gasteiger partial charge in [-0.15, -0.1) is 0 Å². The van der Waals surface area contributed by atoms with Crippen molar-refractivity contribution in [1.29, 1.82) is 0 Å². The van der Waals surface area contributed by atoms with E-state index in [1.54, 1.807) is 25.5 Å². The van der Waals surface area contributed by atoms with Crippen LogP contribution in [0.4, 0.5) is 0 Å². The molecule has 0 fully saturated rings. The number of benzene rings is 2. The lowest BCUT2D eigenvalue weighted by Crippen LogP contribution is -2.42. The van der Waals surface area contributed by atoms with Crippen LogP contribution in [0.15, 0.2) is 52.0 Å². The van der Waals surface area contributed by atoms with Gasteiger partial charge in [0.05, 0.1) is 17.8 Å². The Hall–Kier alpha value is -2.54. The Balaban J connectivity index is 1.59. The smallest absolute Gasteiger partial charge is 0.284 e. The molecule has 1 heterocycles. The lowest BCUT2D eigenvalue weighted by molar-refractivity contribution is -0.130. The maximum Gasteiger partial charge on any atom is 0.284 e. The highest BCUT2D eigenvalue weighted by Gasteiger charge is 2.26. The van der Waals surface area contributed by atoms with Gasteiger partial charge in [0.1, 0.15) is 12.4 Å². The van der Waals surface area contributed by atoms with Gasteiger partial charge in [-0.2, -0.15) is 5.10 Å². The van der Waals surface area contributed by atoms with E-state index in [1.165, 1.54) is 0 Å². The summed E-state index contributed by atoms with van der Waals surface area (Å²) < 4.78 is 17.1. The second-order valence-electron chi connectivity index (χ2n) is 4.99. The topological polar surface area (TPSA) is 69.2 Å². The SMILES string of the molecule is COc1ccc(/C=N\NC(=O)[C@@H]2COc3ccccc3O2)cc1Br. The van der Waals surface area contributed by atoms with Crippen LogP contribution in [0.1, 0.15) is 5.56 Å². The zero-order chi connectivity index (χ0) is 16.9. The minimum Gasteiger partial charge on any atom is -0.496 e. The summed E-state index contributed by atoms with van der Waals surface area (Å²) >= 11 is 3.40. The summed E-state index contributed by atoms with van der Waals surface area (Å²) in [7, 11) is 1.60. The number of nitrogens with zero attached hydrogens (tertiary/aromatic N) is 1. The number of para-hydroxylation sites is 2. The minimum atomic E-state index is -0.736. The average Bonchev–Trinajstić information content (AvgIpc) is 2.61. The van der Waals surface area contributed by atoms with Crippen molar-refractivity contribution in [3.63, 3.8) is 0 Å². The number of halogens is 1. The number of carbonyl (C=O) groups is 1. The molecule has 3 rings (SSSR count). The fourth-order valence-corrected chi connectivity index (χ4v) is 2.71. The molecule has 0 saturated heterocycles. The molecule has 0 unspecified atom stereocenters. The Kier molecular flexibility index (Phi) is 5.00. The van der Waals surface area contributed by atoms with Crippen LogP contribution < -0.4 is 19.6 Å². The van der Waals surface area contributed by atoms with Gasteiger partial charge in [0.2, 0.25) is 6.10 Å². The highest BCUT2D eigenvalue weighted by Crippen LogP contribution is 2.30. The van der Waals surface area contributed by atoms with Crippen LogP contribution in [0.3, 0.4) is 0 Å². The number of rotatable bonds is 4. The second kappa shape index (κ2) is 7.35. The molecule has 0 spiro atoms. The first kappa shape index (κ1) is 16.3. The van der Waals surface area contributed by atoms with Crippen molar-refractivity contribution in [1.82, 2.24) is 5.43 Å². The van der Waals surface area contributed by atoms with Crippen LogP contribution in [0.2, 0.25) is 0 Å². The summed E-state index contributed by atoms with van der Waals surface area (Å²) in [5, 5.41) is 3.95. The summed E-state index contributed by atoms with van der Waals surface area (Å²) in [6.45, 7) is 0.145. The molecule has 1 aliphatic rings. The first-order chi connectivity index (χ1) is 11.7. The molecule has 1 N–H and O–H groups in total. The van der Waals surface area contributed by atoms with E-state index in [9.17, 15) is 4.79 Å². The third-order valence-electron chi connectivity index (χ3n) is 3.37. The van der Waals surface area contributed by atoms with Gasteiger partial charge in [0.15, 0.2) is 11.5 Å². The van der Waals surface area contributed by atoms with Crippen molar-refractivity contribution < 1.29 is 19.0 Å². The second-order valence-corrected chi connectivity index (χ2v) is 5.85. The number of hydrogen-bond acceptors (Lipinski definition) is 5. The molecule has 0 radical (unpaired) electrons. The number of fused-ring (bicyclic) bond motifs is 1. The Morgan fingerprint density at radius 2 is 2.12 bits per heavy atom. The molecule has 0 aromatic heterocycles. The van der Waals surface area contributed by atoms with E-state index >= 15 is 0 Å². The predicted octanol–water partition coefficient (Wildman–Crippen LogP) is 2.75. The molecule has 2 aromatic carbocycles. The van der Waals surface area contributed by atoms with Gasteiger partial charge in [-0.3, -0.25) is 4.79 Å². The first-order valence-electron chi connectivity index (χ1n) is 7.22. The molecule has 0 aliphatic carbocycles. The van der Waals surface area contributed by atoms with Crippen molar-refractivity contribution in [2.75, 3.05) is 13.7 Å². The summed E-state index contributed by atoms with van der Waals surface area (Å²) in [6.07, 6.45) is 0.805. The highest BCUT2D eigenvalue weighted by atomic mass is 79.9. The van der Waals surface area contributed by atoms with E-state index in [-0.39, 0.29) is 12.5 Å². The number of methoxy groups -OCH3 is 1. The molecule has 0 bridgehead atoms. The van der Waals surface area contributed by atoms with E-state index in [1.807, 2.05) is 30.3 Å². The molecule has 24 heavy (non-hydrogen) atoms. The number of carbonyl (C=O) groups excluding carboxylic acids is 1. The zero-order valence-electron chi connectivity index (χ0n) is 12.9. The van der Waals surface area contributed by atoms with Gasteiger partial charge in [-0.25, -0.2) is 5.43 Å². The maximum absolute atomic E-state index is 12.1. The third kappa shape index (κ3) is 3.68. The van der Waals surface area contributed by atoms with Gasteiger partial charge in [-0.1, -0.05) is 12.1 Å². The van der Waals surface area contributed by atoms with Crippen LogP contribution in [-0.4, -0.2) is 31.9 Å². The van der Waals surface area contributed by atoms with E-state index in [0.717, 1.165) is 15.8 Å². The molecule has 6 nitrogen and oxygen atoms in total. The standard InChI is InChI=1S/C17H15BrN2O4/c1-22-13-7-6-11(8-12(13)18)9-19-20-17(21)16-10-23-14-4-2-3-5-15(14)24-16/h2-9,16H,10H2,1H3,(H,20,21)/b19-9-/t16-/m0/s1. The van der Waals surface area contributed by atoms with Crippen molar-refractivity contribution in [2.45, 2.75) is 6.10 Å². The monoisotopic (exact) mass is 390 g/mol. The summed E-state index contributed by atoms with van der Waals surface area (Å²) in [6, 6.07) is 12.7. The molecule has 1 amide bonds. The van der Waals surface area contributed by atoms with Crippen molar-refractivity contribution in [2.24, 2.45) is 5.10 Å². The molecule has 0 saturated carbocycles. The molecule has 124 valence electrons. The Morgan fingerprint density at radius 3 is 2.88 bits per heavy atom. The molecular formula is C17H15BrN2O4. The zero-order valence-corrected chi connectivity index (χ0v) is 14.4. The third-order valence-corrected chi connectivity index (χ3v) is 3.98. The lowest BCUT2D eigenvalue weighted by atomic mass is 10.2. The number of ether oxygens (including phenoxy) is 3. The Morgan fingerprint density at radius 1 is 1.33 bits per heavy atom. The first-order valence-corrected chi connectivity index (χ1v) is 8.01. The predicted molar refractivity (Wildman–Crippen MR) is 92.8 cm³/mol. The van der Waals surface area contributed by atoms with E-state index < -0.39 is 6.10 Å². The minimum absolute atomic E-state index is 0.145. The summed E-state index contributed by atoms with van der Waals surface area (Å²) in [5.74, 6) is 1.54. The van der Waals surface area contributed by atoms with Crippen molar-refractivity contribution in [3.8, 4) is 17.2 Å². The van der Waals surface area contributed by atoms with Crippen LogP contribution in [-0.2, 0) is 4.79 Å². The van der Waals surface area contributed by atoms with Crippen molar-refractivity contribution in [3.05, 3.63) is 52.5 Å². The van der Waals surface area contributed by atoms with Crippen molar-refractivity contribution >= 4 is 28.1 Å². The molecule has 1 atom stereocenters. The molecule has 7 heteroatoms. The van der Waals surface area contributed by atoms with E-state index in [4.69, 9.17) is 14.2 Å². The summed E-state index contributed by atoms with van der Waals surface area (Å²) in [4.78, 5) is 12.1. The van der Waals surface area contributed by atoms with Crippen LogP contribution >= 0.6 is 15.9 Å². The number of nitrogens with one attached hydrogen (secondary N) is 1. The van der Waals surface area contributed by atoms with Gasteiger partial charge in [0, 0.05) is 0 Å². The lowest BCUT2D eigenvalue weighted by Gasteiger charge is -2.24. The van der Waals surface area contributed by atoms with Gasteiger partial charge in [0.25, 0.3) is 5.91 Å². The van der Waals surface area contributed by atoms with Crippen LogP contribution in [0, 0.1) is 0 Å². The fourth-order valence-electron chi connectivity index (χ4n) is 2.15. The maximum atomic E-state index is 12.1. The Bertz CT molecular complexity index is 779. The van der Waals surface area contributed by atoms with Gasteiger partial charge >= 0.3 is 0 Å². The molecule has 2 aromatic rings. The average molecular weight is 391 g/mol. The van der Waals surface area contributed by atoms with Gasteiger partial charge < -0.3 is 14.2 Å². The fraction of sp³-hybridized carbons (Fsp3) is 0.176. The normalized spacial score (nSPS) is 16.0. The number of amides is 1. The van der Waals surface area contributed by atoms with Crippen LogP contribution in [0.25, 0.3) is 0 Å². The van der Waals surface area contributed by atoms with Crippen LogP contribution in [0.5, 0.6) is 17.2 Å². The van der Waals surface area contributed by atoms with E-state index in [2.05, 4.69) is 26.5 Å². The quantitative estimate of drug-likeness (QED) is 0.643. The summed E-state index contributed by atoms with van der Waals surface area (Å²) in [5.41, 5.74) is 3.27. The van der Waals surface area contributed by atoms with Gasteiger partial charge in [-0.05, 0) is 51.8 Å². The Labute approximate surface area is 147 Å². The number of hydrazone groups is 1. The number of hydrogen-bond donors (Lipinski definition) is 1. The highest BCUT2D eigenvalue weighted by molar-refractivity contribution is 9.10. The van der Waals surface area contributed by atoms with E-state index in [0.29, 0.717) is 11.5 Å². The largest absolute Gasteiger partial charge is 0.496 e. The molecule has 1 aliphatic heterocycles. The molecular weight excluding hydrogens is 376 g/mol.